The second kappa shape index (κ2) is 6.84. The standard InChI is InChI=1S/C18H30N4O2/c1-13-15(14(2)21(3)20-13)5-6-17(24)22-10-4-8-18(12-22)11-19-9-7-16(18)23/h16,19,23H,4-12H2,1-3H3/t16-,18-/m0/s1. The van der Waals surface area contributed by atoms with Gasteiger partial charge in [0.15, 0.2) is 0 Å². The molecule has 2 N–H and O–H groups in total. The van der Waals surface area contributed by atoms with E-state index in [1.54, 1.807) is 0 Å². The maximum atomic E-state index is 12.7. The van der Waals surface area contributed by atoms with Crippen LogP contribution in [-0.2, 0) is 18.3 Å². The SMILES string of the molecule is Cc1nn(C)c(C)c1CCC(=O)N1CCC[C@]2(CNCC[C@@H]2O)C1. The van der Waals surface area contributed by atoms with Gasteiger partial charge in [0, 0.05) is 44.2 Å². The minimum Gasteiger partial charge on any atom is -0.392 e. The molecule has 6 heteroatoms. The zero-order valence-electron chi connectivity index (χ0n) is 15.1. The van der Waals surface area contributed by atoms with E-state index in [1.807, 2.05) is 23.6 Å². The Morgan fingerprint density at radius 2 is 2.25 bits per heavy atom. The number of rotatable bonds is 3. The number of likely N-dealkylation sites (tertiary alicyclic amines) is 1. The summed E-state index contributed by atoms with van der Waals surface area (Å²) in [6.45, 7) is 7.25. The molecule has 0 radical (unpaired) electrons. The molecule has 1 amide bonds. The number of amides is 1. The van der Waals surface area contributed by atoms with Gasteiger partial charge in [0.05, 0.1) is 11.8 Å². The zero-order chi connectivity index (χ0) is 17.3. The summed E-state index contributed by atoms with van der Waals surface area (Å²) in [7, 11) is 1.94. The van der Waals surface area contributed by atoms with Crippen molar-refractivity contribution in [3.63, 3.8) is 0 Å². The van der Waals surface area contributed by atoms with Crippen LogP contribution in [0.1, 0.15) is 42.6 Å². The predicted molar refractivity (Wildman–Crippen MR) is 92.7 cm³/mol. The first-order valence-electron chi connectivity index (χ1n) is 9.08. The van der Waals surface area contributed by atoms with Crippen molar-refractivity contribution in [1.29, 1.82) is 0 Å². The van der Waals surface area contributed by atoms with Gasteiger partial charge in [-0.15, -0.1) is 0 Å². The summed E-state index contributed by atoms with van der Waals surface area (Å²) in [4.78, 5) is 14.7. The molecule has 6 nitrogen and oxygen atoms in total. The number of hydrogen-bond acceptors (Lipinski definition) is 4. The summed E-state index contributed by atoms with van der Waals surface area (Å²) in [5.74, 6) is 0.203. The molecule has 3 rings (SSSR count). The minimum absolute atomic E-state index is 0.147. The first kappa shape index (κ1) is 17.4. The summed E-state index contributed by atoms with van der Waals surface area (Å²) in [5.41, 5.74) is 3.20. The third-order valence-electron chi connectivity index (χ3n) is 5.99. The van der Waals surface area contributed by atoms with Crippen LogP contribution in [-0.4, -0.2) is 58.0 Å². The van der Waals surface area contributed by atoms with E-state index in [2.05, 4.69) is 17.3 Å². The molecule has 2 aliphatic rings. The minimum atomic E-state index is -0.294. The Balaban J connectivity index is 1.62. The van der Waals surface area contributed by atoms with Gasteiger partial charge in [0.1, 0.15) is 0 Å². The smallest absolute Gasteiger partial charge is 0.222 e. The highest BCUT2D eigenvalue weighted by Gasteiger charge is 2.43. The van der Waals surface area contributed by atoms with E-state index < -0.39 is 0 Å². The largest absolute Gasteiger partial charge is 0.392 e. The first-order valence-corrected chi connectivity index (χ1v) is 9.08. The molecule has 1 aromatic heterocycles. The molecule has 0 bridgehead atoms. The first-order chi connectivity index (χ1) is 11.4. The highest BCUT2D eigenvalue weighted by atomic mass is 16.3. The van der Waals surface area contributed by atoms with Crippen LogP contribution in [0.5, 0.6) is 0 Å². The molecule has 2 aliphatic heterocycles. The fourth-order valence-electron chi connectivity index (χ4n) is 4.36. The van der Waals surface area contributed by atoms with Crippen LogP contribution in [0.4, 0.5) is 0 Å². The molecule has 3 heterocycles. The van der Waals surface area contributed by atoms with Gasteiger partial charge in [-0.3, -0.25) is 9.48 Å². The number of carbonyl (C=O) groups excluding carboxylic acids is 1. The van der Waals surface area contributed by atoms with Crippen LogP contribution in [0.2, 0.25) is 0 Å². The molecule has 0 unspecified atom stereocenters. The van der Waals surface area contributed by atoms with Crippen molar-refractivity contribution < 1.29 is 9.90 Å². The van der Waals surface area contributed by atoms with E-state index in [4.69, 9.17) is 0 Å². The normalized spacial score (nSPS) is 27.7. The Labute approximate surface area is 144 Å². The van der Waals surface area contributed by atoms with Crippen LogP contribution >= 0.6 is 0 Å². The molecule has 1 spiro atoms. The van der Waals surface area contributed by atoms with Crippen molar-refractivity contribution in [3.05, 3.63) is 17.0 Å². The quantitative estimate of drug-likeness (QED) is 0.863. The predicted octanol–water partition coefficient (Wildman–Crippen LogP) is 0.933. The lowest BCUT2D eigenvalue weighted by Crippen LogP contribution is -2.58. The number of aliphatic hydroxyl groups is 1. The molecule has 24 heavy (non-hydrogen) atoms. The molecule has 0 aliphatic carbocycles. The van der Waals surface area contributed by atoms with E-state index in [9.17, 15) is 9.90 Å². The van der Waals surface area contributed by atoms with E-state index in [1.165, 1.54) is 5.56 Å². The van der Waals surface area contributed by atoms with Crippen molar-refractivity contribution in [2.24, 2.45) is 12.5 Å². The lowest BCUT2D eigenvalue weighted by molar-refractivity contribution is -0.138. The van der Waals surface area contributed by atoms with Crippen molar-refractivity contribution in [2.45, 2.75) is 52.1 Å². The van der Waals surface area contributed by atoms with Crippen LogP contribution in [0, 0.1) is 19.3 Å². The van der Waals surface area contributed by atoms with Crippen LogP contribution < -0.4 is 5.32 Å². The second-order valence-corrected chi connectivity index (χ2v) is 7.54. The Hall–Kier alpha value is -1.40. The average Bonchev–Trinajstić information content (AvgIpc) is 2.81. The molecule has 2 atom stereocenters. The third-order valence-corrected chi connectivity index (χ3v) is 5.99. The van der Waals surface area contributed by atoms with E-state index in [0.29, 0.717) is 13.0 Å². The molecule has 2 fully saturated rings. The summed E-state index contributed by atoms with van der Waals surface area (Å²) in [6, 6.07) is 0. The molecule has 0 aromatic carbocycles. The number of hydrogen-bond donors (Lipinski definition) is 2. The highest BCUT2D eigenvalue weighted by Crippen LogP contribution is 2.36. The molecule has 134 valence electrons. The summed E-state index contributed by atoms with van der Waals surface area (Å²) < 4.78 is 1.88. The number of piperidine rings is 2. The molecular weight excluding hydrogens is 304 g/mol. The topological polar surface area (TPSA) is 70.4 Å². The van der Waals surface area contributed by atoms with Crippen LogP contribution in [0.3, 0.4) is 0 Å². The summed E-state index contributed by atoms with van der Waals surface area (Å²) in [6.07, 6.45) is 3.75. The maximum Gasteiger partial charge on any atom is 0.222 e. The number of nitrogens with zero attached hydrogens (tertiary/aromatic N) is 3. The molecule has 1 aromatic rings. The van der Waals surface area contributed by atoms with Gasteiger partial charge in [0.25, 0.3) is 0 Å². The van der Waals surface area contributed by atoms with Crippen LogP contribution in [0.25, 0.3) is 0 Å². The number of nitrogens with one attached hydrogen (secondary N) is 1. The van der Waals surface area contributed by atoms with Gasteiger partial charge >= 0.3 is 0 Å². The van der Waals surface area contributed by atoms with Gasteiger partial charge in [-0.2, -0.15) is 5.10 Å². The van der Waals surface area contributed by atoms with Gasteiger partial charge in [-0.05, 0) is 51.6 Å². The summed E-state index contributed by atoms with van der Waals surface area (Å²) in [5, 5.41) is 18.3. The Kier molecular flexibility index (Phi) is 4.97. The van der Waals surface area contributed by atoms with Gasteiger partial charge in [0.2, 0.25) is 5.91 Å². The van der Waals surface area contributed by atoms with E-state index >= 15 is 0 Å². The van der Waals surface area contributed by atoms with Crippen molar-refractivity contribution in [2.75, 3.05) is 26.2 Å². The number of aromatic nitrogens is 2. The highest BCUT2D eigenvalue weighted by molar-refractivity contribution is 5.76. The lowest BCUT2D eigenvalue weighted by atomic mass is 9.72. The zero-order valence-corrected chi connectivity index (χ0v) is 15.1. The number of aliphatic hydroxyl groups excluding tert-OH is 1. The van der Waals surface area contributed by atoms with E-state index in [-0.39, 0.29) is 17.4 Å². The molecule has 2 saturated heterocycles. The van der Waals surface area contributed by atoms with Crippen molar-refractivity contribution in [1.82, 2.24) is 20.0 Å². The van der Waals surface area contributed by atoms with Crippen molar-refractivity contribution in [3.8, 4) is 0 Å². The van der Waals surface area contributed by atoms with Gasteiger partial charge in [-0.1, -0.05) is 0 Å². The third kappa shape index (κ3) is 3.22. The van der Waals surface area contributed by atoms with Gasteiger partial charge < -0.3 is 15.3 Å². The number of aryl methyl sites for hydroxylation is 2. The summed E-state index contributed by atoms with van der Waals surface area (Å²) >= 11 is 0. The van der Waals surface area contributed by atoms with E-state index in [0.717, 1.165) is 56.7 Å². The second-order valence-electron chi connectivity index (χ2n) is 7.54. The molecular formula is C18H30N4O2. The Morgan fingerprint density at radius 3 is 2.92 bits per heavy atom. The Morgan fingerprint density at radius 1 is 1.46 bits per heavy atom. The van der Waals surface area contributed by atoms with Crippen molar-refractivity contribution >= 4 is 5.91 Å². The van der Waals surface area contributed by atoms with Crippen LogP contribution in [0.15, 0.2) is 0 Å². The maximum absolute atomic E-state index is 12.7. The average molecular weight is 334 g/mol. The number of carbonyl (C=O) groups is 1. The fraction of sp³-hybridized carbons (Fsp3) is 0.778. The molecule has 0 saturated carbocycles. The Bertz CT molecular complexity index is 608. The monoisotopic (exact) mass is 334 g/mol. The van der Waals surface area contributed by atoms with Gasteiger partial charge in [-0.25, -0.2) is 0 Å². The lowest BCUT2D eigenvalue weighted by Gasteiger charge is -2.48. The fourth-order valence-corrected chi connectivity index (χ4v) is 4.36.